The molecule has 0 spiro atoms. The maximum Gasteiger partial charge on any atom is 0.418 e. The number of hydrogen-bond donors (Lipinski definition) is 2. The second-order valence-corrected chi connectivity index (χ2v) is 7.46. The van der Waals surface area contributed by atoms with Crippen molar-refractivity contribution >= 4 is 17.6 Å². The number of hydrogen-bond acceptors (Lipinski definition) is 4. The quantitative estimate of drug-likeness (QED) is 0.757. The number of nitrogens with zero attached hydrogens (tertiary/aromatic N) is 3. The van der Waals surface area contributed by atoms with Gasteiger partial charge in [-0.15, -0.1) is 0 Å². The number of likely N-dealkylation sites (N-methyl/N-ethyl adjacent to an activating group) is 1. The van der Waals surface area contributed by atoms with Gasteiger partial charge in [-0.05, 0) is 30.7 Å². The molecule has 2 aromatic rings. The van der Waals surface area contributed by atoms with E-state index < -0.39 is 23.8 Å². The zero-order valence-corrected chi connectivity index (χ0v) is 17.2. The molecule has 7 nitrogen and oxygen atoms in total. The fourth-order valence-electron chi connectivity index (χ4n) is 3.65. The minimum Gasteiger partial charge on any atom is -0.343 e. The molecule has 31 heavy (non-hydrogen) atoms. The van der Waals surface area contributed by atoms with Crippen LogP contribution in [-0.4, -0.2) is 58.9 Å². The Morgan fingerprint density at radius 2 is 1.97 bits per heavy atom. The van der Waals surface area contributed by atoms with E-state index in [1.807, 2.05) is 11.0 Å². The number of pyridine rings is 1. The van der Waals surface area contributed by atoms with Gasteiger partial charge in [-0.2, -0.15) is 13.2 Å². The summed E-state index contributed by atoms with van der Waals surface area (Å²) in [6, 6.07) is 7.11. The van der Waals surface area contributed by atoms with Gasteiger partial charge in [-0.25, -0.2) is 4.79 Å². The highest BCUT2D eigenvalue weighted by molar-refractivity contribution is 5.90. The Morgan fingerprint density at radius 3 is 2.65 bits per heavy atom. The number of rotatable bonds is 5. The lowest BCUT2D eigenvalue weighted by Gasteiger charge is -2.43. The molecule has 166 valence electrons. The van der Waals surface area contributed by atoms with E-state index in [4.69, 9.17) is 0 Å². The van der Waals surface area contributed by atoms with Crippen molar-refractivity contribution in [1.82, 2.24) is 20.1 Å². The monoisotopic (exact) mass is 435 g/mol. The van der Waals surface area contributed by atoms with E-state index in [-0.39, 0.29) is 24.2 Å². The summed E-state index contributed by atoms with van der Waals surface area (Å²) < 4.78 is 39.4. The topological polar surface area (TPSA) is 77.6 Å². The number of urea groups is 1. The molecule has 1 aliphatic rings. The van der Waals surface area contributed by atoms with Crippen LogP contribution in [0.3, 0.4) is 0 Å². The molecular weight excluding hydrogens is 411 g/mol. The number of halogens is 3. The Kier molecular flexibility index (Phi) is 6.79. The van der Waals surface area contributed by atoms with E-state index in [1.165, 1.54) is 18.2 Å². The van der Waals surface area contributed by atoms with E-state index in [9.17, 15) is 22.8 Å². The largest absolute Gasteiger partial charge is 0.418 e. The molecule has 1 aromatic carbocycles. The first kappa shape index (κ1) is 22.5. The number of para-hydroxylation sites is 1. The molecule has 2 heterocycles. The highest BCUT2D eigenvalue weighted by atomic mass is 19.4. The first-order valence-corrected chi connectivity index (χ1v) is 9.77. The number of carbonyl (C=O) groups excluding carboxylic acids is 2. The van der Waals surface area contributed by atoms with Gasteiger partial charge in [0, 0.05) is 45.1 Å². The molecule has 1 saturated heterocycles. The predicted octanol–water partition coefficient (Wildman–Crippen LogP) is 2.95. The van der Waals surface area contributed by atoms with Crippen LogP contribution in [0.25, 0.3) is 0 Å². The molecule has 3 amide bonds. The van der Waals surface area contributed by atoms with E-state index in [0.29, 0.717) is 13.1 Å². The summed E-state index contributed by atoms with van der Waals surface area (Å²) in [6.45, 7) is 2.78. The van der Waals surface area contributed by atoms with Crippen molar-refractivity contribution in [3.63, 3.8) is 0 Å². The molecule has 1 fully saturated rings. The number of anilines is 1. The average Bonchev–Trinajstić information content (AvgIpc) is 2.73. The lowest BCUT2D eigenvalue weighted by Crippen LogP contribution is -2.62. The fraction of sp³-hybridized carbons (Fsp3) is 0.381. The minimum absolute atomic E-state index is 0.0382. The standard InChI is InChI=1S/C21H24F3N5O2/c1-14-19(30)28(2)13-16(29(14)12-15-6-5-9-25-10-15)11-26-20(31)27-18-8-4-3-7-17(18)21(22,23)24/h3-10,14,16H,11-13H2,1-2H3,(H2,26,27,31)/t14-,16+/m0/s1. The summed E-state index contributed by atoms with van der Waals surface area (Å²) in [5.74, 6) is -0.0382. The fourth-order valence-corrected chi connectivity index (χ4v) is 3.65. The first-order valence-electron chi connectivity index (χ1n) is 9.77. The van der Waals surface area contributed by atoms with Gasteiger partial charge in [0.1, 0.15) is 0 Å². The number of nitrogens with one attached hydrogen (secondary N) is 2. The summed E-state index contributed by atoms with van der Waals surface area (Å²) >= 11 is 0. The van der Waals surface area contributed by atoms with Gasteiger partial charge < -0.3 is 15.5 Å². The molecule has 0 aliphatic carbocycles. The van der Waals surface area contributed by atoms with Crippen LogP contribution in [0.15, 0.2) is 48.8 Å². The molecule has 0 unspecified atom stereocenters. The molecule has 2 atom stereocenters. The smallest absolute Gasteiger partial charge is 0.343 e. The number of amides is 3. The normalized spacial score (nSPS) is 19.9. The van der Waals surface area contributed by atoms with Crippen molar-refractivity contribution in [3.05, 3.63) is 59.9 Å². The third-order valence-corrected chi connectivity index (χ3v) is 5.25. The number of benzene rings is 1. The average molecular weight is 435 g/mol. The van der Waals surface area contributed by atoms with Gasteiger partial charge in [-0.3, -0.25) is 14.7 Å². The van der Waals surface area contributed by atoms with Crippen molar-refractivity contribution in [2.45, 2.75) is 31.7 Å². The van der Waals surface area contributed by atoms with Crippen LogP contribution >= 0.6 is 0 Å². The minimum atomic E-state index is -4.58. The third-order valence-electron chi connectivity index (χ3n) is 5.25. The number of carbonyl (C=O) groups is 2. The molecule has 10 heteroatoms. The Hall–Kier alpha value is -3.14. The van der Waals surface area contributed by atoms with Crippen molar-refractivity contribution in [3.8, 4) is 0 Å². The zero-order chi connectivity index (χ0) is 22.6. The van der Waals surface area contributed by atoms with Crippen LogP contribution in [0.2, 0.25) is 0 Å². The van der Waals surface area contributed by atoms with Gasteiger partial charge in [0.2, 0.25) is 5.91 Å². The van der Waals surface area contributed by atoms with E-state index in [2.05, 4.69) is 15.6 Å². The van der Waals surface area contributed by atoms with Crippen molar-refractivity contribution in [2.24, 2.45) is 0 Å². The SMILES string of the molecule is C[C@H]1C(=O)N(C)C[C@@H](CNC(=O)Nc2ccccc2C(F)(F)F)N1Cc1cccnc1. The highest BCUT2D eigenvalue weighted by Crippen LogP contribution is 2.34. The lowest BCUT2D eigenvalue weighted by atomic mass is 10.0. The van der Waals surface area contributed by atoms with Crippen LogP contribution in [0, 0.1) is 0 Å². The van der Waals surface area contributed by atoms with Gasteiger partial charge in [-0.1, -0.05) is 18.2 Å². The zero-order valence-electron chi connectivity index (χ0n) is 17.2. The first-order chi connectivity index (χ1) is 14.7. The van der Waals surface area contributed by atoms with E-state index >= 15 is 0 Å². The van der Waals surface area contributed by atoms with Crippen LogP contribution < -0.4 is 10.6 Å². The Morgan fingerprint density at radius 1 is 1.23 bits per heavy atom. The predicted molar refractivity (Wildman–Crippen MR) is 109 cm³/mol. The van der Waals surface area contributed by atoms with Crippen LogP contribution in [0.5, 0.6) is 0 Å². The second kappa shape index (κ2) is 9.34. The molecule has 0 bridgehead atoms. The van der Waals surface area contributed by atoms with Gasteiger partial charge >= 0.3 is 12.2 Å². The summed E-state index contributed by atoms with van der Waals surface area (Å²) in [6.07, 6.45) is -1.21. The Balaban J connectivity index is 1.68. The van der Waals surface area contributed by atoms with Crippen molar-refractivity contribution in [2.75, 3.05) is 25.5 Å². The molecule has 0 saturated carbocycles. The number of alkyl halides is 3. The van der Waals surface area contributed by atoms with Crippen molar-refractivity contribution in [1.29, 1.82) is 0 Å². The summed E-state index contributed by atoms with van der Waals surface area (Å²) in [5, 5.41) is 4.91. The summed E-state index contributed by atoms with van der Waals surface area (Å²) in [5.41, 5.74) is -0.316. The maximum atomic E-state index is 13.1. The molecule has 0 radical (unpaired) electrons. The molecule has 3 rings (SSSR count). The maximum absolute atomic E-state index is 13.1. The van der Waals surface area contributed by atoms with Gasteiger partial charge in [0.15, 0.2) is 0 Å². The van der Waals surface area contributed by atoms with Crippen LogP contribution in [0.1, 0.15) is 18.1 Å². The van der Waals surface area contributed by atoms with Gasteiger partial charge in [0.25, 0.3) is 0 Å². The highest BCUT2D eigenvalue weighted by Gasteiger charge is 2.37. The third kappa shape index (κ3) is 5.52. The van der Waals surface area contributed by atoms with Crippen molar-refractivity contribution < 1.29 is 22.8 Å². The molecule has 1 aromatic heterocycles. The molecule has 1 aliphatic heterocycles. The number of piperazine rings is 1. The Bertz CT molecular complexity index is 923. The summed E-state index contributed by atoms with van der Waals surface area (Å²) in [7, 11) is 1.69. The summed E-state index contributed by atoms with van der Waals surface area (Å²) in [4.78, 5) is 32.4. The Labute approximate surface area is 178 Å². The van der Waals surface area contributed by atoms with Gasteiger partial charge in [0.05, 0.1) is 17.3 Å². The number of aromatic nitrogens is 1. The molecular formula is C21H24F3N5O2. The lowest BCUT2D eigenvalue weighted by molar-refractivity contribution is -0.142. The second-order valence-electron chi connectivity index (χ2n) is 7.46. The van der Waals surface area contributed by atoms with Crippen LogP contribution in [0.4, 0.5) is 23.7 Å². The molecule has 2 N–H and O–H groups in total. The van der Waals surface area contributed by atoms with E-state index in [0.717, 1.165) is 11.6 Å². The van der Waals surface area contributed by atoms with E-state index in [1.54, 1.807) is 37.3 Å². The van der Waals surface area contributed by atoms with Crippen LogP contribution in [-0.2, 0) is 17.5 Å².